The molecule has 4 heterocycles. The van der Waals surface area contributed by atoms with Crippen LogP contribution >= 0.6 is 0 Å². The largest absolute Gasteiger partial charge is 0.293 e. The molecule has 2 aliphatic carbocycles. The third kappa shape index (κ3) is 7.98. The number of benzene rings is 18. The lowest BCUT2D eigenvalue weighted by Gasteiger charge is -2.16. The molecule has 0 aliphatic heterocycles. The van der Waals surface area contributed by atoms with Gasteiger partial charge < -0.3 is 0 Å². The molecule has 24 rings (SSSR count). The summed E-state index contributed by atoms with van der Waals surface area (Å²) in [6.07, 6.45) is 0. The molecular weight excluding hydrogens is 1290 g/mol. The molecule has 0 radical (unpaired) electrons. The SMILES string of the molecule is c1ccc(-c2cc(-n3c4ccccc4c4c5ccc6cc(-c7ccc(-c8cc(-c9cccc%10c9-c9cccc%11cccc-%10c9%11)nc(-n9c%10ccccc%10c%10c%11ccc%12ccccc%12c%11c%11ccccc%11c%109)n8)cc7)ccc6c5c5ccccc5c43)nc(-c3cccc4c3-c3cccc5cccc-4c35)n2)cc1. The summed E-state index contributed by atoms with van der Waals surface area (Å²) in [6, 6.07) is 125. The summed E-state index contributed by atoms with van der Waals surface area (Å²) >= 11 is 0. The van der Waals surface area contributed by atoms with Gasteiger partial charge in [0, 0.05) is 66.2 Å². The minimum atomic E-state index is 0.617. The van der Waals surface area contributed by atoms with Crippen molar-refractivity contribution in [3.8, 4) is 113 Å². The van der Waals surface area contributed by atoms with Crippen molar-refractivity contribution in [2.75, 3.05) is 0 Å². The second-order valence-corrected chi connectivity index (χ2v) is 28.6. The van der Waals surface area contributed by atoms with E-state index in [1.165, 1.54) is 136 Å². The number of rotatable bonds is 7. The molecule has 22 aromatic rings. The molecule has 0 saturated heterocycles. The van der Waals surface area contributed by atoms with E-state index in [0.717, 1.165) is 94.5 Å². The quantitative estimate of drug-likeness (QED) is 0.149. The standard InChI is InChI=1S/C100H56N6/c1-2-21-59(22-3-1)84-56-88(104-99(101-84)82-41-19-37-70-68-35-15-24-62-26-17-40-79(90(62)68)94(70)82)105-86-42-12-10-32-76(86)95-81-53-50-64-54-63(49-51-66(64)92(81)71-28-6-8-30-73(71)97(95)105)57-44-46-60(47-45-57)83-55-85(75-38-18-36-69-67-34-14-23-61-25-16-39-78(89(61)67)93(69)75)103-100(102-83)106-87-43-13-11-33-77(87)96-80-52-48-58-20-4-5-27-65(58)91(80)72-29-7-9-31-74(72)98(96)106/h1-56H. The summed E-state index contributed by atoms with van der Waals surface area (Å²) in [6.45, 7) is 0. The van der Waals surface area contributed by atoms with Crippen LogP contribution in [0, 0.1) is 0 Å². The van der Waals surface area contributed by atoms with Crippen LogP contribution in [-0.2, 0) is 0 Å². The Kier molecular flexibility index (Phi) is 11.7. The lowest BCUT2D eigenvalue weighted by atomic mass is 9.91. The zero-order chi connectivity index (χ0) is 69.0. The van der Waals surface area contributed by atoms with Crippen LogP contribution in [0.3, 0.4) is 0 Å². The van der Waals surface area contributed by atoms with Gasteiger partial charge in [-0.2, -0.15) is 0 Å². The number of hydrogen-bond acceptors (Lipinski definition) is 4. The average Bonchev–Trinajstić information content (AvgIpc) is 1.50. The molecule has 0 saturated carbocycles. The molecule has 0 atom stereocenters. The highest BCUT2D eigenvalue weighted by Gasteiger charge is 2.30. The fraction of sp³-hybridized carbons (Fsp3) is 0. The fourth-order valence-corrected chi connectivity index (χ4v) is 18.7. The van der Waals surface area contributed by atoms with Crippen LogP contribution in [-0.4, -0.2) is 29.1 Å². The van der Waals surface area contributed by atoms with E-state index >= 15 is 0 Å². The van der Waals surface area contributed by atoms with E-state index in [0.29, 0.717) is 11.8 Å². The minimum Gasteiger partial charge on any atom is -0.293 e. The van der Waals surface area contributed by atoms with Gasteiger partial charge in [-0.15, -0.1) is 0 Å². The fourth-order valence-electron chi connectivity index (χ4n) is 18.7. The summed E-state index contributed by atoms with van der Waals surface area (Å²) in [7, 11) is 0. The normalized spacial score (nSPS) is 12.3. The number of fused-ring (bicyclic) bond motifs is 26. The highest BCUT2D eigenvalue weighted by Crippen LogP contribution is 2.54. The lowest BCUT2D eigenvalue weighted by Crippen LogP contribution is -2.04. The Morgan fingerprint density at radius 2 is 0.632 bits per heavy atom. The summed E-state index contributed by atoms with van der Waals surface area (Å²) < 4.78 is 4.75. The smallest absolute Gasteiger partial charge is 0.235 e. The first-order valence-corrected chi connectivity index (χ1v) is 36.4. The number of nitrogens with zero attached hydrogens (tertiary/aromatic N) is 6. The first-order valence-electron chi connectivity index (χ1n) is 36.4. The van der Waals surface area contributed by atoms with Crippen LogP contribution in [0.25, 0.3) is 242 Å². The maximum Gasteiger partial charge on any atom is 0.235 e. The Bertz CT molecular complexity index is 7680. The van der Waals surface area contributed by atoms with Crippen molar-refractivity contribution in [2.24, 2.45) is 0 Å². The van der Waals surface area contributed by atoms with Crippen LogP contribution in [0.4, 0.5) is 0 Å². The first kappa shape index (κ1) is 57.4. The summed E-state index contributed by atoms with van der Waals surface area (Å²) in [5.41, 5.74) is 23.0. The molecule has 0 N–H and O–H groups in total. The summed E-state index contributed by atoms with van der Waals surface area (Å²) in [5.74, 6) is 2.12. The van der Waals surface area contributed by atoms with Gasteiger partial charge in [0.2, 0.25) is 5.95 Å². The third-order valence-corrected chi connectivity index (χ3v) is 23.2. The second-order valence-electron chi connectivity index (χ2n) is 28.6. The van der Waals surface area contributed by atoms with Gasteiger partial charge >= 0.3 is 0 Å². The Labute approximate surface area is 607 Å². The van der Waals surface area contributed by atoms with Gasteiger partial charge in [-0.3, -0.25) is 9.13 Å². The molecule has 18 aromatic carbocycles. The molecule has 0 fully saturated rings. The monoisotopic (exact) mass is 1340 g/mol. The Morgan fingerprint density at radius 3 is 1.28 bits per heavy atom. The highest BCUT2D eigenvalue weighted by atomic mass is 15.2. The van der Waals surface area contributed by atoms with Gasteiger partial charge in [-0.05, 0) is 150 Å². The van der Waals surface area contributed by atoms with Crippen molar-refractivity contribution < 1.29 is 0 Å². The van der Waals surface area contributed by atoms with E-state index in [2.05, 4.69) is 349 Å². The Hall–Kier alpha value is -14.2. The van der Waals surface area contributed by atoms with E-state index in [1.807, 2.05) is 0 Å². The number of aromatic nitrogens is 6. The van der Waals surface area contributed by atoms with Crippen molar-refractivity contribution in [1.29, 1.82) is 0 Å². The van der Waals surface area contributed by atoms with Crippen molar-refractivity contribution in [2.45, 2.75) is 0 Å². The van der Waals surface area contributed by atoms with Crippen LogP contribution in [0.2, 0.25) is 0 Å². The molecule has 0 amide bonds. The number of hydrogen-bond donors (Lipinski definition) is 0. The topological polar surface area (TPSA) is 61.4 Å². The van der Waals surface area contributed by atoms with Crippen LogP contribution < -0.4 is 0 Å². The summed E-state index contributed by atoms with van der Waals surface area (Å²) in [5, 5.41) is 24.1. The zero-order valence-corrected chi connectivity index (χ0v) is 57.0. The van der Waals surface area contributed by atoms with Crippen molar-refractivity contribution in [1.82, 2.24) is 29.1 Å². The first-order chi connectivity index (χ1) is 52.6. The second kappa shape index (κ2) is 21.7. The zero-order valence-electron chi connectivity index (χ0n) is 57.0. The van der Waals surface area contributed by atoms with Crippen molar-refractivity contribution in [3.05, 3.63) is 340 Å². The Balaban J connectivity index is 0.670. The van der Waals surface area contributed by atoms with Gasteiger partial charge in [0.25, 0.3) is 0 Å². The molecule has 6 heteroatoms. The molecule has 486 valence electrons. The van der Waals surface area contributed by atoms with E-state index in [1.54, 1.807) is 0 Å². The lowest BCUT2D eigenvalue weighted by molar-refractivity contribution is 0.998. The van der Waals surface area contributed by atoms with Crippen LogP contribution in [0.5, 0.6) is 0 Å². The van der Waals surface area contributed by atoms with Gasteiger partial charge in [-0.1, -0.05) is 309 Å². The van der Waals surface area contributed by atoms with E-state index in [-0.39, 0.29) is 0 Å². The maximum atomic E-state index is 5.79. The molecule has 106 heavy (non-hydrogen) atoms. The third-order valence-electron chi connectivity index (χ3n) is 23.2. The average molecular weight is 1340 g/mol. The van der Waals surface area contributed by atoms with Gasteiger partial charge in [0.1, 0.15) is 5.82 Å². The van der Waals surface area contributed by atoms with Gasteiger partial charge in [0.05, 0.1) is 39.1 Å². The predicted octanol–water partition coefficient (Wildman–Crippen LogP) is 26.3. The predicted molar refractivity (Wildman–Crippen MR) is 442 cm³/mol. The maximum absolute atomic E-state index is 5.79. The molecule has 2 aliphatic rings. The van der Waals surface area contributed by atoms with Crippen molar-refractivity contribution >= 4 is 130 Å². The van der Waals surface area contributed by atoms with Gasteiger partial charge in [0.15, 0.2) is 5.82 Å². The number of para-hydroxylation sites is 2. The minimum absolute atomic E-state index is 0.617. The van der Waals surface area contributed by atoms with Crippen molar-refractivity contribution in [3.63, 3.8) is 0 Å². The molecular formula is C100H56N6. The molecule has 0 unspecified atom stereocenters. The van der Waals surface area contributed by atoms with Crippen LogP contribution in [0.1, 0.15) is 0 Å². The Morgan fingerprint density at radius 1 is 0.198 bits per heavy atom. The molecule has 0 bridgehead atoms. The summed E-state index contributed by atoms with van der Waals surface area (Å²) in [4.78, 5) is 22.7. The van der Waals surface area contributed by atoms with E-state index in [4.69, 9.17) is 19.9 Å². The van der Waals surface area contributed by atoms with E-state index in [9.17, 15) is 0 Å². The van der Waals surface area contributed by atoms with Crippen LogP contribution in [0.15, 0.2) is 340 Å². The molecule has 6 nitrogen and oxygen atoms in total. The van der Waals surface area contributed by atoms with E-state index < -0.39 is 0 Å². The van der Waals surface area contributed by atoms with Gasteiger partial charge in [-0.25, -0.2) is 19.9 Å². The molecule has 4 aromatic heterocycles. The highest BCUT2D eigenvalue weighted by molar-refractivity contribution is 6.38. The molecule has 0 spiro atoms.